The van der Waals surface area contributed by atoms with E-state index in [9.17, 15) is 31.5 Å². The SMILES string of the molecule is Cc1ccc(CN2C(=O)CC[C@H]2C(=O)N2CCC3(Cc4cccc(F)c4)c4ccc(C(C)(F)C(F)(F)F)cc4CCC23)cc1. The minimum atomic E-state index is -5.07. The summed E-state index contributed by atoms with van der Waals surface area (Å²) in [6, 6.07) is 17.2. The zero-order chi connectivity index (χ0) is 31.4. The zero-order valence-corrected chi connectivity index (χ0v) is 24.8. The van der Waals surface area contributed by atoms with Gasteiger partial charge in [0.2, 0.25) is 17.5 Å². The van der Waals surface area contributed by atoms with Crippen molar-refractivity contribution in [3.63, 3.8) is 0 Å². The summed E-state index contributed by atoms with van der Waals surface area (Å²) in [7, 11) is 0. The molecule has 4 nitrogen and oxygen atoms in total. The van der Waals surface area contributed by atoms with Gasteiger partial charge in [0.15, 0.2) is 0 Å². The summed E-state index contributed by atoms with van der Waals surface area (Å²) in [4.78, 5) is 30.7. The van der Waals surface area contributed by atoms with Crippen LogP contribution in [0.5, 0.6) is 0 Å². The summed E-state index contributed by atoms with van der Waals surface area (Å²) >= 11 is 0. The number of nitrogens with zero attached hydrogens (tertiary/aromatic N) is 2. The third-order valence-corrected chi connectivity index (χ3v) is 9.99. The van der Waals surface area contributed by atoms with Gasteiger partial charge in [-0.2, -0.15) is 13.2 Å². The smallest absolute Gasteiger partial charge is 0.337 e. The molecule has 0 aromatic heterocycles. The van der Waals surface area contributed by atoms with Gasteiger partial charge in [-0.15, -0.1) is 0 Å². The molecule has 3 unspecified atom stereocenters. The first-order chi connectivity index (χ1) is 20.8. The molecule has 3 aromatic rings. The lowest BCUT2D eigenvalue weighted by molar-refractivity contribution is -0.228. The Morgan fingerprint density at radius 3 is 2.41 bits per heavy atom. The third kappa shape index (κ3) is 5.18. The third-order valence-electron chi connectivity index (χ3n) is 9.99. The van der Waals surface area contributed by atoms with Gasteiger partial charge in [0.25, 0.3) is 0 Å². The van der Waals surface area contributed by atoms with Crippen molar-refractivity contribution in [1.29, 1.82) is 0 Å². The number of benzene rings is 3. The van der Waals surface area contributed by atoms with Crippen molar-refractivity contribution >= 4 is 11.8 Å². The minimum Gasteiger partial charge on any atom is -0.337 e. The molecule has 2 aliphatic heterocycles. The van der Waals surface area contributed by atoms with E-state index >= 15 is 0 Å². The highest BCUT2D eigenvalue weighted by Gasteiger charge is 2.56. The molecule has 2 heterocycles. The van der Waals surface area contributed by atoms with Crippen molar-refractivity contribution in [3.8, 4) is 0 Å². The molecule has 2 fully saturated rings. The molecule has 2 amide bonds. The second-order valence-corrected chi connectivity index (χ2v) is 12.7. The van der Waals surface area contributed by atoms with Gasteiger partial charge in [0, 0.05) is 31.0 Å². The number of hydrogen-bond donors (Lipinski definition) is 0. The fourth-order valence-corrected chi connectivity index (χ4v) is 7.57. The molecule has 0 bridgehead atoms. The van der Waals surface area contributed by atoms with Crippen LogP contribution in [0.2, 0.25) is 0 Å². The predicted octanol–water partition coefficient (Wildman–Crippen LogP) is 7.10. The molecule has 4 atom stereocenters. The predicted molar refractivity (Wildman–Crippen MR) is 156 cm³/mol. The number of likely N-dealkylation sites (tertiary alicyclic amines) is 2. The summed E-state index contributed by atoms with van der Waals surface area (Å²) in [6.45, 7) is 3.24. The number of amides is 2. The Morgan fingerprint density at radius 1 is 0.955 bits per heavy atom. The lowest BCUT2D eigenvalue weighted by Crippen LogP contribution is -2.53. The quantitative estimate of drug-likeness (QED) is 0.280. The maximum absolute atomic E-state index is 15.0. The van der Waals surface area contributed by atoms with Crippen molar-refractivity contribution in [3.05, 3.63) is 106 Å². The van der Waals surface area contributed by atoms with Crippen LogP contribution in [0, 0.1) is 12.7 Å². The maximum atomic E-state index is 15.0. The molecule has 44 heavy (non-hydrogen) atoms. The fraction of sp³-hybridized carbons (Fsp3) is 0.429. The molecule has 0 N–H and O–H groups in total. The standard InChI is InChI=1S/C35H35F5N2O2/c1-22-6-8-23(9-7-22)21-42-29(13-15-31(42)43)32(44)41-17-16-34(20-24-4-3-5-27(36)18-24)28-12-11-26(33(2,37)35(38,39)40)19-25(28)10-14-30(34)41/h3-9,11-12,18-19,29-30H,10,13-17,20-21H2,1-2H3/t29-,30?,33?,34?/m0/s1. The van der Waals surface area contributed by atoms with Crippen LogP contribution >= 0.6 is 0 Å². The van der Waals surface area contributed by atoms with E-state index in [1.54, 1.807) is 17.0 Å². The minimum absolute atomic E-state index is 0.0744. The van der Waals surface area contributed by atoms with Gasteiger partial charge in [0.1, 0.15) is 11.9 Å². The Labute approximate surface area is 253 Å². The first-order valence-corrected chi connectivity index (χ1v) is 15.1. The number of hydrogen-bond acceptors (Lipinski definition) is 2. The average molecular weight is 611 g/mol. The van der Waals surface area contributed by atoms with Crippen molar-refractivity contribution in [2.75, 3.05) is 6.54 Å². The van der Waals surface area contributed by atoms with Gasteiger partial charge in [-0.05, 0) is 85.9 Å². The van der Waals surface area contributed by atoms with E-state index in [2.05, 4.69) is 0 Å². The average Bonchev–Trinajstić information content (AvgIpc) is 3.53. The van der Waals surface area contributed by atoms with E-state index in [4.69, 9.17) is 0 Å². The normalized spacial score (nSPS) is 24.7. The first kappa shape index (κ1) is 30.3. The fourth-order valence-electron chi connectivity index (χ4n) is 7.57. The molecule has 9 heteroatoms. The van der Waals surface area contributed by atoms with Crippen LogP contribution < -0.4 is 0 Å². The Bertz CT molecular complexity index is 1580. The topological polar surface area (TPSA) is 40.6 Å². The number of carbonyl (C=O) groups excluding carboxylic acids is 2. The summed E-state index contributed by atoms with van der Waals surface area (Å²) in [6.07, 6.45) is -2.67. The highest BCUT2D eigenvalue weighted by molar-refractivity contribution is 5.91. The van der Waals surface area contributed by atoms with Crippen LogP contribution in [0.4, 0.5) is 22.0 Å². The van der Waals surface area contributed by atoms with Gasteiger partial charge in [-0.1, -0.05) is 60.2 Å². The van der Waals surface area contributed by atoms with Gasteiger partial charge >= 0.3 is 6.18 Å². The second-order valence-electron chi connectivity index (χ2n) is 12.7. The molecule has 0 radical (unpaired) electrons. The molecule has 0 spiro atoms. The maximum Gasteiger partial charge on any atom is 0.426 e. The van der Waals surface area contributed by atoms with E-state index in [0.29, 0.717) is 63.2 Å². The Balaban J connectivity index is 1.35. The van der Waals surface area contributed by atoms with E-state index < -0.39 is 34.7 Å². The summed E-state index contributed by atoms with van der Waals surface area (Å²) in [5.41, 5.74) is -0.530. The largest absolute Gasteiger partial charge is 0.426 e. The first-order valence-electron chi connectivity index (χ1n) is 15.1. The molecule has 2 saturated heterocycles. The van der Waals surface area contributed by atoms with Crippen LogP contribution in [0.1, 0.15) is 66.0 Å². The number of fused-ring (bicyclic) bond motifs is 3. The van der Waals surface area contributed by atoms with Crippen molar-refractivity contribution < 1.29 is 31.5 Å². The van der Waals surface area contributed by atoms with Gasteiger partial charge in [-0.25, -0.2) is 8.78 Å². The van der Waals surface area contributed by atoms with Crippen LogP contribution in [0.25, 0.3) is 0 Å². The van der Waals surface area contributed by atoms with Gasteiger partial charge < -0.3 is 9.80 Å². The van der Waals surface area contributed by atoms with Crippen molar-refractivity contribution in [1.82, 2.24) is 9.80 Å². The van der Waals surface area contributed by atoms with E-state index in [-0.39, 0.29) is 24.3 Å². The molecule has 1 aliphatic carbocycles. The zero-order valence-electron chi connectivity index (χ0n) is 24.8. The lowest BCUT2D eigenvalue weighted by Gasteiger charge is -2.44. The summed E-state index contributed by atoms with van der Waals surface area (Å²) in [5, 5.41) is 0. The highest BCUT2D eigenvalue weighted by Crippen LogP contribution is 2.51. The van der Waals surface area contributed by atoms with Gasteiger partial charge in [-0.3, -0.25) is 9.59 Å². The van der Waals surface area contributed by atoms with Gasteiger partial charge in [0.05, 0.1) is 0 Å². The van der Waals surface area contributed by atoms with E-state index in [1.165, 1.54) is 24.3 Å². The molecular formula is C35H35F5N2O2. The Kier molecular flexibility index (Phi) is 7.57. The second kappa shape index (κ2) is 11.0. The van der Waals surface area contributed by atoms with Crippen LogP contribution in [-0.4, -0.2) is 46.4 Å². The van der Waals surface area contributed by atoms with E-state index in [0.717, 1.165) is 16.7 Å². The highest BCUT2D eigenvalue weighted by atomic mass is 19.4. The van der Waals surface area contributed by atoms with Crippen molar-refractivity contribution in [2.24, 2.45) is 0 Å². The Morgan fingerprint density at radius 2 is 1.70 bits per heavy atom. The van der Waals surface area contributed by atoms with E-state index in [1.807, 2.05) is 42.2 Å². The number of rotatable bonds is 6. The number of carbonyl (C=O) groups is 2. The number of aryl methyl sites for hydroxylation is 2. The molecule has 6 rings (SSSR count). The van der Waals surface area contributed by atoms with Crippen LogP contribution in [-0.2, 0) is 40.1 Å². The number of alkyl halides is 4. The monoisotopic (exact) mass is 610 g/mol. The Hall–Kier alpha value is -3.75. The van der Waals surface area contributed by atoms with Crippen LogP contribution in [0.15, 0.2) is 66.7 Å². The van der Waals surface area contributed by atoms with Crippen molar-refractivity contribution in [2.45, 2.75) is 88.3 Å². The lowest BCUT2D eigenvalue weighted by atomic mass is 9.63. The van der Waals surface area contributed by atoms with Crippen LogP contribution in [0.3, 0.4) is 0 Å². The molecular weight excluding hydrogens is 575 g/mol. The molecule has 3 aliphatic rings. The molecule has 3 aromatic carbocycles. The number of halogens is 5. The summed E-state index contributed by atoms with van der Waals surface area (Å²) < 4.78 is 70.0. The molecule has 232 valence electrons. The summed E-state index contributed by atoms with van der Waals surface area (Å²) in [5.74, 6) is -0.612. The molecule has 0 saturated carbocycles.